The van der Waals surface area contributed by atoms with E-state index < -0.39 is 0 Å². The Balaban J connectivity index is 1.91. The molecular weight excluding hydrogens is 202 g/mol. The summed E-state index contributed by atoms with van der Waals surface area (Å²) in [6.07, 6.45) is 5.75. The van der Waals surface area contributed by atoms with Crippen molar-refractivity contribution in [2.45, 2.75) is 44.6 Å². The van der Waals surface area contributed by atoms with Gasteiger partial charge in [0, 0.05) is 6.54 Å². The van der Waals surface area contributed by atoms with Crippen molar-refractivity contribution in [2.24, 2.45) is 11.8 Å². The first-order valence-corrected chi connectivity index (χ1v) is 6.32. The van der Waals surface area contributed by atoms with Crippen LogP contribution in [0.5, 0.6) is 0 Å². The summed E-state index contributed by atoms with van der Waals surface area (Å²) >= 11 is 0. The predicted molar refractivity (Wildman–Crippen MR) is 61.4 cm³/mol. The van der Waals surface area contributed by atoms with E-state index in [0.29, 0.717) is 17.7 Å². The number of amides is 2. The van der Waals surface area contributed by atoms with E-state index in [1.807, 2.05) is 4.90 Å². The lowest BCUT2D eigenvalue weighted by Crippen LogP contribution is -2.52. The lowest BCUT2D eigenvalue weighted by Gasteiger charge is -2.37. The molecule has 2 unspecified atom stereocenters. The molecule has 16 heavy (non-hydrogen) atoms. The maximum Gasteiger partial charge on any atom is 0.323 e. The van der Waals surface area contributed by atoms with Gasteiger partial charge < -0.3 is 4.90 Å². The monoisotopic (exact) mass is 221 g/mol. The van der Waals surface area contributed by atoms with Gasteiger partial charge in [-0.25, -0.2) is 4.79 Å². The predicted octanol–water partition coefficient (Wildman–Crippen LogP) is 1.96. The van der Waals surface area contributed by atoms with E-state index in [9.17, 15) is 4.79 Å². The second-order valence-corrected chi connectivity index (χ2v) is 5.58. The van der Waals surface area contributed by atoms with Gasteiger partial charge in [-0.2, -0.15) is 0 Å². The number of urea groups is 1. The summed E-state index contributed by atoms with van der Waals surface area (Å²) in [6.45, 7) is 3.04. The highest BCUT2D eigenvalue weighted by atomic mass is 16.2. The topological polar surface area (TPSA) is 56.2 Å². The minimum atomic E-state index is -0.278. The number of hydrogen-bond acceptors (Lipinski definition) is 2. The molecule has 3 fully saturated rings. The highest BCUT2D eigenvalue weighted by Crippen LogP contribution is 2.45. The SMILES string of the molecule is CC1CCCC12C(=N)NC(=O)N2CC1CC1. The summed E-state index contributed by atoms with van der Waals surface area (Å²) in [5, 5.41) is 10.8. The molecule has 0 aromatic carbocycles. The molecule has 0 bridgehead atoms. The molecule has 2 saturated carbocycles. The number of carbonyl (C=O) groups excluding carboxylic acids is 1. The Labute approximate surface area is 95.9 Å². The van der Waals surface area contributed by atoms with Crippen LogP contribution < -0.4 is 5.32 Å². The fourth-order valence-corrected chi connectivity index (χ4v) is 3.34. The summed E-state index contributed by atoms with van der Waals surface area (Å²) in [7, 11) is 0. The van der Waals surface area contributed by atoms with Gasteiger partial charge in [-0.15, -0.1) is 0 Å². The summed E-state index contributed by atoms with van der Waals surface area (Å²) in [4.78, 5) is 13.9. The average molecular weight is 221 g/mol. The van der Waals surface area contributed by atoms with Gasteiger partial charge in [-0.05, 0) is 37.5 Å². The first kappa shape index (κ1) is 10.1. The molecule has 88 valence electrons. The third-order valence-electron chi connectivity index (χ3n) is 4.54. The normalized spacial score (nSPS) is 38.6. The molecule has 3 aliphatic rings. The zero-order valence-electron chi connectivity index (χ0n) is 9.75. The molecule has 2 atom stereocenters. The van der Waals surface area contributed by atoms with Crippen molar-refractivity contribution in [3.05, 3.63) is 0 Å². The first-order valence-electron chi connectivity index (χ1n) is 6.32. The Morgan fingerprint density at radius 2 is 2.25 bits per heavy atom. The lowest BCUT2D eigenvalue weighted by molar-refractivity contribution is 0.149. The van der Waals surface area contributed by atoms with Crippen LogP contribution in [0.4, 0.5) is 4.79 Å². The second kappa shape index (κ2) is 3.22. The highest BCUT2D eigenvalue weighted by molar-refractivity contribution is 6.08. The van der Waals surface area contributed by atoms with Crippen LogP contribution in [0.25, 0.3) is 0 Å². The van der Waals surface area contributed by atoms with E-state index in [0.717, 1.165) is 25.8 Å². The molecule has 1 saturated heterocycles. The van der Waals surface area contributed by atoms with Gasteiger partial charge in [0.2, 0.25) is 0 Å². The molecule has 2 amide bonds. The molecule has 4 nitrogen and oxygen atoms in total. The van der Waals surface area contributed by atoms with Crippen molar-refractivity contribution in [1.29, 1.82) is 5.41 Å². The molecular formula is C12H19N3O. The van der Waals surface area contributed by atoms with Gasteiger partial charge >= 0.3 is 6.03 Å². The minimum absolute atomic E-state index is 0.0364. The van der Waals surface area contributed by atoms with Gasteiger partial charge in [0.1, 0.15) is 11.4 Å². The molecule has 0 aromatic heterocycles. The van der Waals surface area contributed by atoms with E-state index in [4.69, 9.17) is 5.41 Å². The van der Waals surface area contributed by atoms with Crippen LogP contribution in [0.1, 0.15) is 39.0 Å². The van der Waals surface area contributed by atoms with E-state index in [1.54, 1.807) is 0 Å². The summed E-state index contributed by atoms with van der Waals surface area (Å²) in [5.74, 6) is 1.57. The Morgan fingerprint density at radius 3 is 2.81 bits per heavy atom. The maximum absolute atomic E-state index is 11.9. The Morgan fingerprint density at radius 1 is 1.50 bits per heavy atom. The summed E-state index contributed by atoms with van der Waals surface area (Å²) in [5.41, 5.74) is -0.278. The van der Waals surface area contributed by atoms with Crippen molar-refractivity contribution >= 4 is 11.9 Å². The van der Waals surface area contributed by atoms with E-state index in [2.05, 4.69) is 12.2 Å². The minimum Gasteiger partial charge on any atom is -0.311 e. The van der Waals surface area contributed by atoms with E-state index >= 15 is 0 Å². The van der Waals surface area contributed by atoms with Crippen LogP contribution in [0.2, 0.25) is 0 Å². The standard InChI is InChI=1S/C12H19N3O/c1-8-3-2-6-12(8)10(13)14-11(16)15(12)7-9-4-5-9/h8-9H,2-7H2,1H3,(H2,13,14,16). The number of nitrogens with zero attached hydrogens (tertiary/aromatic N) is 1. The van der Waals surface area contributed by atoms with Crippen LogP contribution in [-0.4, -0.2) is 28.9 Å². The second-order valence-electron chi connectivity index (χ2n) is 5.58. The van der Waals surface area contributed by atoms with Crippen LogP contribution in [0, 0.1) is 17.2 Å². The van der Waals surface area contributed by atoms with Gasteiger partial charge in [0.15, 0.2) is 0 Å². The van der Waals surface area contributed by atoms with E-state index in [-0.39, 0.29) is 11.6 Å². The highest BCUT2D eigenvalue weighted by Gasteiger charge is 2.56. The quantitative estimate of drug-likeness (QED) is 0.735. The Bertz CT molecular complexity index is 350. The molecule has 1 heterocycles. The van der Waals surface area contributed by atoms with Crippen LogP contribution in [-0.2, 0) is 0 Å². The van der Waals surface area contributed by atoms with Gasteiger partial charge in [-0.3, -0.25) is 10.7 Å². The van der Waals surface area contributed by atoms with Gasteiger partial charge in [-0.1, -0.05) is 13.3 Å². The Kier molecular flexibility index (Phi) is 2.03. The average Bonchev–Trinajstić information content (AvgIpc) is 2.93. The molecule has 4 heteroatoms. The molecule has 2 N–H and O–H groups in total. The van der Waals surface area contributed by atoms with Crippen molar-refractivity contribution < 1.29 is 4.79 Å². The summed E-state index contributed by atoms with van der Waals surface area (Å²) < 4.78 is 0. The zero-order valence-corrected chi connectivity index (χ0v) is 9.75. The van der Waals surface area contributed by atoms with Gasteiger partial charge in [0.05, 0.1) is 0 Å². The van der Waals surface area contributed by atoms with Crippen molar-refractivity contribution in [2.75, 3.05) is 6.54 Å². The summed E-state index contributed by atoms with van der Waals surface area (Å²) in [6, 6.07) is -0.0364. The molecule has 1 spiro atoms. The molecule has 0 aromatic rings. The van der Waals surface area contributed by atoms with Crippen LogP contribution >= 0.6 is 0 Å². The molecule has 2 aliphatic carbocycles. The molecule has 0 radical (unpaired) electrons. The van der Waals surface area contributed by atoms with Gasteiger partial charge in [0.25, 0.3) is 0 Å². The number of rotatable bonds is 2. The number of amidine groups is 1. The lowest BCUT2D eigenvalue weighted by atomic mass is 9.86. The number of carbonyl (C=O) groups is 1. The third-order valence-corrected chi connectivity index (χ3v) is 4.54. The van der Waals surface area contributed by atoms with Crippen LogP contribution in [0.15, 0.2) is 0 Å². The molecule has 3 rings (SSSR count). The fourth-order valence-electron chi connectivity index (χ4n) is 3.34. The maximum atomic E-state index is 11.9. The zero-order chi connectivity index (χ0) is 11.3. The van der Waals surface area contributed by atoms with E-state index in [1.165, 1.54) is 12.8 Å². The van der Waals surface area contributed by atoms with Crippen molar-refractivity contribution in [3.63, 3.8) is 0 Å². The largest absolute Gasteiger partial charge is 0.323 e. The smallest absolute Gasteiger partial charge is 0.311 e. The first-order chi connectivity index (χ1) is 7.64. The number of nitrogens with one attached hydrogen (secondary N) is 2. The van der Waals surface area contributed by atoms with Crippen LogP contribution in [0.3, 0.4) is 0 Å². The van der Waals surface area contributed by atoms with Crippen molar-refractivity contribution in [3.8, 4) is 0 Å². The fraction of sp³-hybridized carbons (Fsp3) is 0.833. The molecule has 1 aliphatic heterocycles. The Hall–Kier alpha value is -1.06. The number of hydrogen-bond donors (Lipinski definition) is 2. The third kappa shape index (κ3) is 1.22. The van der Waals surface area contributed by atoms with Crippen molar-refractivity contribution in [1.82, 2.24) is 10.2 Å².